The van der Waals surface area contributed by atoms with E-state index in [1.165, 1.54) is 0 Å². The molecule has 0 radical (unpaired) electrons. The molecule has 3 nitrogen and oxygen atoms in total. The Morgan fingerprint density at radius 3 is 2.41 bits per heavy atom. The van der Waals surface area contributed by atoms with Crippen molar-refractivity contribution in [1.82, 2.24) is 0 Å². The van der Waals surface area contributed by atoms with Gasteiger partial charge in [-0.3, -0.25) is 9.59 Å². The SMILES string of the molecule is NC(=O)C#Cc1cc(C=O)cc(C(F)(F)F)c1. The number of benzene rings is 1. The number of hydrogen-bond acceptors (Lipinski definition) is 2. The summed E-state index contributed by atoms with van der Waals surface area (Å²) in [5.41, 5.74) is 3.46. The number of hydrogen-bond donors (Lipinski definition) is 1. The number of amides is 1. The summed E-state index contributed by atoms with van der Waals surface area (Å²) in [6.07, 6.45) is -4.31. The molecule has 0 unspecified atom stereocenters. The standard InChI is InChI=1S/C11H6F3NO2/c12-11(13,14)9-4-7(1-2-10(15)17)3-8(5-9)6-16/h3-6H,(H2,15,17). The second-order valence-electron chi connectivity index (χ2n) is 3.07. The van der Waals surface area contributed by atoms with Crippen molar-refractivity contribution >= 4 is 12.2 Å². The monoisotopic (exact) mass is 241 g/mol. The van der Waals surface area contributed by atoms with Crippen molar-refractivity contribution in [1.29, 1.82) is 0 Å². The summed E-state index contributed by atoms with van der Waals surface area (Å²) in [7, 11) is 0. The van der Waals surface area contributed by atoms with Crippen molar-refractivity contribution in [2.75, 3.05) is 0 Å². The Hall–Kier alpha value is -2.29. The summed E-state index contributed by atoms with van der Waals surface area (Å²) >= 11 is 0. The quantitative estimate of drug-likeness (QED) is 0.596. The molecule has 1 amide bonds. The van der Waals surface area contributed by atoms with E-state index in [2.05, 4.69) is 5.92 Å². The van der Waals surface area contributed by atoms with Gasteiger partial charge in [0, 0.05) is 11.1 Å². The van der Waals surface area contributed by atoms with Crippen molar-refractivity contribution in [3.63, 3.8) is 0 Å². The van der Waals surface area contributed by atoms with Gasteiger partial charge in [0.05, 0.1) is 5.56 Å². The summed E-state index contributed by atoms with van der Waals surface area (Å²) in [5.74, 6) is 3.08. The van der Waals surface area contributed by atoms with Crippen LogP contribution < -0.4 is 5.73 Å². The first-order valence-corrected chi connectivity index (χ1v) is 4.32. The van der Waals surface area contributed by atoms with Gasteiger partial charge in [-0.25, -0.2) is 0 Å². The lowest BCUT2D eigenvalue weighted by Crippen LogP contribution is -2.07. The third-order valence-corrected chi connectivity index (χ3v) is 1.75. The van der Waals surface area contributed by atoms with E-state index in [4.69, 9.17) is 5.73 Å². The van der Waals surface area contributed by atoms with Crippen LogP contribution in [-0.2, 0) is 11.0 Å². The Kier molecular flexibility index (Phi) is 3.53. The van der Waals surface area contributed by atoms with Crippen molar-refractivity contribution < 1.29 is 22.8 Å². The van der Waals surface area contributed by atoms with Crippen LogP contribution in [0.25, 0.3) is 0 Å². The molecule has 88 valence electrons. The minimum atomic E-state index is -4.58. The molecule has 0 aliphatic rings. The molecule has 0 aliphatic heterocycles. The maximum Gasteiger partial charge on any atom is 0.416 e. The van der Waals surface area contributed by atoms with Crippen LogP contribution in [0, 0.1) is 11.8 Å². The predicted molar refractivity (Wildman–Crippen MR) is 52.9 cm³/mol. The smallest absolute Gasteiger partial charge is 0.359 e. The molecule has 1 aromatic rings. The summed E-state index contributed by atoms with van der Waals surface area (Å²) in [5, 5.41) is 0. The Labute approximate surface area is 94.4 Å². The molecule has 0 aromatic heterocycles. The van der Waals surface area contributed by atoms with Gasteiger partial charge in [-0.05, 0) is 24.1 Å². The van der Waals surface area contributed by atoms with Crippen LogP contribution >= 0.6 is 0 Å². The zero-order valence-corrected chi connectivity index (χ0v) is 8.34. The number of halogens is 3. The van der Waals surface area contributed by atoms with E-state index < -0.39 is 17.6 Å². The van der Waals surface area contributed by atoms with Gasteiger partial charge in [0.1, 0.15) is 6.29 Å². The lowest BCUT2D eigenvalue weighted by atomic mass is 10.1. The fourth-order valence-corrected chi connectivity index (χ4v) is 1.09. The van der Waals surface area contributed by atoms with Gasteiger partial charge in [-0.1, -0.05) is 5.92 Å². The number of alkyl halides is 3. The van der Waals surface area contributed by atoms with Gasteiger partial charge in [0.15, 0.2) is 0 Å². The molecule has 0 aliphatic carbocycles. The summed E-state index contributed by atoms with van der Waals surface area (Å²) in [6, 6.07) is 2.57. The van der Waals surface area contributed by atoms with Gasteiger partial charge >= 0.3 is 6.18 Å². The van der Waals surface area contributed by atoms with E-state index in [1.807, 2.05) is 5.92 Å². The molecule has 0 bridgehead atoms. The van der Waals surface area contributed by atoms with E-state index in [9.17, 15) is 22.8 Å². The minimum absolute atomic E-state index is 0.0966. The molecule has 0 atom stereocenters. The number of carbonyl (C=O) groups excluding carboxylic acids is 2. The first-order chi connectivity index (χ1) is 7.82. The molecular weight excluding hydrogens is 235 g/mol. The molecule has 0 saturated heterocycles. The van der Waals surface area contributed by atoms with E-state index in [0.29, 0.717) is 6.07 Å². The highest BCUT2D eigenvalue weighted by Gasteiger charge is 2.31. The highest BCUT2D eigenvalue weighted by atomic mass is 19.4. The molecular formula is C11H6F3NO2. The molecule has 1 rings (SSSR count). The van der Waals surface area contributed by atoms with Crippen LogP contribution in [-0.4, -0.2) is 12.2 Å². The van der Waals surface area contributed by atoms with Crippen LogP contribution in [0.5, 0.6) is 0 Å². The number of nitrogens with two attached hydrogens (primary N) is 1. The van der Waals surface area contributed by atoms with E-state index in [1.54, 1.807) is 0 Å². The normalized spacial score (nSPS) is 10.3. The van der Waals surface area contributed by atoms with E-state index in [-0.39, 0.29) is 17.4 Å². The zero-order chi connectivity index (χ0) is 13.1. The maximum atomic E-state index is 12.4. The van der Waals surface area contributed by atoms with Crippen LogP contribution in [0.2, 0.25) is 0 Å². The zero-order valence-electron chi connectivity index (χ0n) is 8.34. The molecule has 1 aromatic carbocycles. The molecule has 17 heavy (non-hydrogen) atoms. The van der Waals surface area contributed by atoms with Gasteiger partial charge in [-0.15, -0.1) is 0 Å². The van der Waals surface area contributed by atoms with Crippen molar-refractivity contribution in [2.24, 2.45) is 5.73 Å². The number of carbonyl (C=O) groups is 2. The Morgan fingerprint density at radius 1 is 1.29 bits per heavy atom. The predicted octanol–water partition coefficient (Wildman–Crippen LogP) is 1.35. The Bertz CT molecular complexity index is 524. The summed E-state index contributed by atoms with van der Waals surface area (Å²) in [6.45, 7) is 0. The Morgan fingerprint density at radius 2 is 1.94 bits per heavy atom. The number of rotatable bonds is 1. The van der Waals surface area contributed by atoms with Gasteiger partial charge < -0.3 is 5.73 Å². The first-order valence-electron chi connectivity index (χ1n) is 4.32. The van der Waals surface area contributed by atoms with Crippen LogP contribution in [0.4, 0.5) is 13.2 Å². The van der Waals surface area contributed by atoms with Gasteiger partial charge in [-0.2, -0.15) is 13.2 Å². The third kappa shape index (κ3) is 3.65. The van der Waals surface area contributed by atoms with Gasteiger partial charge in [0.2, 0.25) is 0 Å². The summed E-state index contributed by atoms with van der Waals surface area (Å²) < 4.78 is 37.3. The molecule has 2 N–H and O–H groups in total. The summed E-state index contributed by atoms with van der Waals surface area (Å²) in [4.78, 5) is 20.8. The molecule has 0 saturated carbocycles. The first kappa shape index (κ1) is 12.8. The average Bonchev–Trinajstić information content (AvgIpc) is 2.24. The lowest BCUT2D eigenvalue weighted by molar-refractivity contribution is -0.137. The fraction of sp³-hybridized carbons (Fsp3) is 0.0909. The second-order valence-corrected chi connectivity index (χ2v) is 3.07. The number of aldehydes is 1. The second kappa shape index (κ2) is 4.70. The highest BCUT2D eigenvalue weighted by Crippen LogP contribution is 2.30. The Balaban J connectivity index is 3.30. The van der Waals surface area contributed by atoms with Crippen LogP contribution in [0.15, 0.2) is 18.2 Å². The molecule has 0 spiro atoms. The average molecular weight is 241 g/mol. The van der Waals surface area contributed by atoms with E-state index in [0.717, 1.165) is 12.1 Å². The van der Waals surface area contributed by atoms with E-state index >= 15 is 0 Å². The van der Waals surface area contributed by atoms with Crippen molar-refractivity contribution in [3.05, 3.63) is 34.9 Å². The largest absolute Gasteiger partial charge is 0.416 e. The van der Waals surface area contributed by atoms with Gasteiger partial charge in [0.25, 0.3) is 5.91 Å². The molecule has 0 fully saturated rings. The number of primary amides is 1. The topological polar surface area (TPSA) is 60.2 Å². The van der Waals surface area contributed by atoms with Crippen LogP contribution in [0.3, 0.4) is 0 Å². The maximum absolute atomic E-state index is 12.4. The van der Waals surface area contributed by atoms with Crippen molar-refractivity contribution in [2.45, 2.75) is 6.18 Å². The van der Waals surface area contributed by atoms with Crippen molar-refractivity contribution in [3.8, 4) is 11.8 Å². The van der Waals surface area contributed by atoms with Crippen LogP contribution in [0.1, 0.15) is 21.5 Å². The molecule has 0 heterocycles. The molecule has 6 heteroatoms. The third-order valence-electron chi connectivity index (χ3n) is 1.75. The minimum Gasteiger partial charge on any atom is -0.359 e. The fourth-order valence-electron chi connectivity index (χ4n) is 1.09. The highest BCUT2D eigenvalue weighted by molar-refractivity contribution is 5.92. The lowest BCUT2D eigenvalue weighted by Gasteiger charge is -2.07.